The number of amides is 2. The molecule has 0 heterocycles. The van der Waals surface area contributed by atoms with E-state index in [2.05, 4.69) is 15.4 Å². The lowest BCUT2D eigenvalue weighted by Crippen LogP contribution is -2.36. The van der Waals surface area contributed by atoms with Crippen LogP contribution in [-0.4, -0.2) is 18.7 Å². The Morgan fingerprint density at radius 1 is 1.44 bits per heavy atom. The van der Waals surface area contributed by atoms with Crippen LogP contribution in [-0.2, 0) is 6.54 Å². The fourth-order valence-electron chi connectivity index (χ4n) is 1.48. The van der Waals surface area contributed by atoms with E-state index in [1.165, 1.54) is 12.1 Å². The van der Waals surface area contributed by atoms with Gasteiger partial charge in [0.25, 0.3) is 0 Å². The summed E-state index contributed by atoms with van der Waals surface area (Å²) in [6.45, 7) is -2.56. The van der Waals surface area contributed by atoms with Gasteiger partial charge in [0.2, 0.25) is 0 Å². The lowest BCUT2D eigenvalue weighted by atomic mass is 10.2. The molecule has 1 aromatic rings. The van der Waals surface area contributed by atoms with E-state index in [0.717, 1.165) is 12.8 Å². The molecule has 0 aromatic heterocycles. The van der Waals surface area contributed by atoms with Crippen LogP contribution in [0.3, 0.4) is 0 Å². The van der Waals surface area contributed by atoms with Crippen molar-refractivity contribution < 1.29 is 18.3 Å². The van der Waals surface area contributed by atoms with Crippen molar-refractivity contribution in [2.75, 3.05) is 0 Å². The van der Waals surface area contributed by atoms with Crippen LogP contribution in [0.2, 0.25) is 0 Å². The number of benzene rings is 1. The number of hydrogen-bond donors (Lipinski definition) is 2. The molecule has 0 radical (unpaired) electrons. The van der Waals surface area contributed by atoms with Gasteiger partial charge in [-0.3, -0.25) is 0 Å². The fraction of sp³-hybridized carbons (Fsp3) is 0.417. The normalized spacial score (nSPS) is 14.4. The first-order valence-corrected chi connectivity index (χ1v) is 5.71. The second-order valence-corrected chi connectivity index (χ2v) is 4.13. The SMILES string of the molecule is O=C(NCc1cccc(OC(F)F)c1)NC1CC1. The third-order valence-electron chi connectivity index (χ3n) is 2.49. The lowest BCUT2D eigenvalue weighted by molar-refractivity contribution is -0.0498. The predicted octanol–water partition coefficient (Wildman–Crippen LogP) is 2.25. The molecule has 0 saturated heterocycles. The van der Waals surface area contributed by atoms with Crippen LogP contribution in [0.4, 0.5) is 13.6 Å². The highest BCUT2D eigenvalue weighted by molar-refractivity contribution is 5.74. The van der Waals surface area contributed by atoms with Gasteiger partial charge in [0.05, 0.1) is 0 Å². The molecule has 0 bridgehead atoms. The zero-order chi connectivity index (χ0) is 13.0. The number of carbonyl (C=O) groups excluding carboxylic acids is 1. The number of rotatable bonds is 5. The maximum atomic E-state index is 12.0. The van der Waals surface area contributed by atoms with E-state index in [0.29, 0.717) is 11.6 Å². The van der Waals surface area contributed by atoms with Gasteiger partial charge in [0.1, 0.15) is 5.75 Å². The van der Waals surface area contributed by atoms with E-state index in [9.17, 15) is 13.6 Å². The molecule has 1 aliphatic carbocycles. The number of halogens is 2. The molecule has 0 unspecified atom stereocenters. The molecule has 0 spiro atoms. The van der Waals surface area contributed by atoms with Crippen molar-refractivity contribution in [2.24, 2.45) is 0 Å². The van der Waals surface area contributed by atoms with Gasteiger partial charge >= 0.3 is 12.6 Å². The zero-order valence-electron chi connectivity index (χ0n) is 9.66. The predicted molar refractivity (Wildman–Crippen MR) is 61.5 cm³/mol. The van der Waals surface area contributed by atoms with Crippen LogP contribution >= 0.6 is 0 Å². The second-order valence-electron chi connectivity index (χ2n) is 4.13. The van der Waals surface area contributed by atoms with Gasteiger partial charge in [0.15, 0.2) is 0 Å². The molecule has 1 fully saturated rings. The Hall–Kier alpha value is -1.85. The molecule has 2 amide bonds. The number of alkyl halides is 2. The summed E-state index contributed by atoms with van der Waals surface area (Å²) in [5, 5.41) is 5.43. The highest BCUT2D eigenvalue weighted by Gasteiger charge is 2.22. The van der Waals surface area contributed by atoms with E-state index < -0.39 is 6.61 Å². The van der Waals surface area contributed by atoms with E-state index >= 15 is 0 Å². The van der Waals surface area contributed by atoms with Gasteiger partial charge in [-0.05, 0) is 30.5 Å². The first kappa shape index (κ1) is 12.6. The molecule has 2 rings (SSSR count). The largest absolute Gasteiger partial charge is 0.435 e. The van der Waals surface area contributed by atoms with E-state index in [-0.39, 0.29) is 18.3 Å². The van der Waals surface area contributed by atoms with Gasteiger partial charge in [-0.1, -0.05) is 12.1 Å². The molecule has 6 heteroatoms. The molecule has 1 aromatic carbocycles. The third-order valence-corrected chi connectivity index (χ3v) is 2.49. The summed E-state index contributed by atoms with van der Waals surface area (Å²) in [6.07, 6.45) is 2.04. The molecule has 2 N–H and O–H groups in total. The van der Waals surface area contributed by atoms with Crippen LogP contribution in [0.15, 0.2) is 24.3 Å². The summed E-state index contributed by atoms with van der Waals surface area (Å²) in [7, 11) is 0. The van der Waals surface area contributed by atoms with Gasteiger partial charge < -0.3 is 15.4 Å². The first-order chi connectivity index (χ1) is 8.63. The minimum absolute atomic E-state index is 0.0897. The second kappa shape index (κ2) is 5.66. The average molecular weight is 256 g/mol. The van der Waals surface area contributed by atoms with Crippen LogP contribution in [0, 0.1) is 0 Å². The first-order valence-electron chi connectivity index (χ1n) is 5.71. The Balaban J connectivity index is 1.82. The van der Waals surface area contributed by atoms with E-state index in [1.54, 1.807) is 12.1 Å². The molecule has 0 aliphatic heterocycles. The summed E-state index contributed by atoms with van der Waals surface area (Å²) in [4.78, 5) is 11.4. The minimum Gasteiger partial charge on any atom is -0.435 e. The van der Waals surface area contributed by atoms with Crippen molar-refractivity contribution >= 4 is 6.03 Å². The third kappa shape index (κ3) is 4.20. The Morgan fingerprint density at radius 3 is 2.89 bits per heavy atom. The van der Waals surface area contributed by atoms with E-state index in [1.807, 2.05) is 0 Å². The minimum atomic E-state index is -2.84. The molecular formula is C12H14F2N2O2. The molecule has 1 aliphatic rings. The quantitative estimate of drug-likeness (QED) is 0.849. The maximum Gasteiger partial charge on any atom is 0.387 e. The number of urea groups is 1. The van der Waals surface area contributed by atoms with Crippen molar-refractivity contribution in [2.45, 2.75) is 32.0 Å². The van der Waals surface area contributed by atoms with E-state index in [4.69, 9.17) is 0 Å². The van der Waals surface area contributed by atoms with Crippen molar-refractivity contribution in [3.8, 4) is 5.75 Å². The fourth-order valence-corrected chi connectivity index (χ4v) is 1.48. The highest BCUT2D eigenvalue weighted by atomic mass is 19.3. The monoisotopic (exact) mass is 256 g/mol. The Kier molecular flexibility index (Phi) is 3.96. The Morgan fingerprint density at radius 2 is 2.22 bits per heavy atom. The van der Waals surface area contributed by atoms with Gasteiger partial charge in [-0.25, -0.2) is 4.79 Å². The molecule has 18 heavy (non-hydrogen) atoms. The highest BCUT2D eigenvalue weighted by Crippen LogP contribution is 2.18. The smallest absolute Gasteiger partial charge is 0.387 e. The zero-order valence-corrected chi connectivity index (χ0v) is 9.66. The molecule has 98 valence electrons. The molecule has 1 saturated carbocycles. The lowest BCUT2D eigenvalue weighted by Gasteiger charge is -2.08. The van der Waals surface area contributed by atoms with Crippen molar-refractivity contribution in [1.82, 2.24) is 10.6 Å². The maximum absolute atomic E-state index is 12.0. The summed E-state index contributed by atoms with van der Waals surface area (Å²) in [5.74, 6) is 0.0897. The van der Waals surface area contributed by atoms with Crippen LogP contribution < -0.4 is 15.4 Å². The van der Waals surface area contributed by atoms with Crippen molar-refractivity contribution in [1.29, 1.82) is 0 Å². The van der Waals surface area contributed by atoms with Crippen LogP contribution in [0.1, 0.15) is 18.4 Å². The van der Waals surface area contributed by atoms with Gasteiger partial charge in [0, 0.05) is 12.6 Å². The standard InChI is InChI=1S/C12H14F2N2O2/c13-11(14)18-10-3-1-2-8(6-10)7-15-12(17)16-9-4-5-9/h1-3,6,9,11H,4-5,7H2,(H2,15,16,17). The number of ether oxygens (including phenoxy) is 1. The van der Waals surface area contributed by atoms with Crippen LogP contribution in [0.25, 0.3) is 0 Å². The number of nitrogens with one attached hydrogen (secondary N) is 2. The Bertz CT molecular complexity index is 422. The summed E-state index contributed by atoms with van der Waals surface area (Å²) in [5.41, 5.74) is 0.707. The summed E-state index contributed by atoms with van der Waals surface area (Å²) in [6, 6.07) is 6.31. The van der Waals surface area contributed by atoms with Gasteiger partial charge in [-0.15, -0.1) is 0 Å². The van der Waals surface area contributed by atoms with Gasteiger partial charge in [-0.2, -0.15) is 8.78 Å². The summed E-state index contributed by atoms with van der Waals surface area (Å²) < 4.78 is 28.3. The van der Waals surface area contributed by atoms with Crippen molar-refractivity contribution in [3.05, 3.63) is 29.8 Å². The molecular weight excluding hydrogens is 242 g/mol. The average Bonchev–Trinajstić information content (AvgIpc) is 3.10. The number of hydrogen-bond acceptors (Lipinski definition) is 2. The van der Waals surface area contributed by atoms with Crippen molar-refractivity contribution in [3.63, 3.8) is 0 Å². The van der Waals surface area contributed by atoms with Crippen LogP contribution in [0.5, 0.6) is 5.75 Å². The summed E-state index contributed by atoms with van der Waals surface area (Å²) >= 11 is 0. The Labute approximate surface area is 103 Å². The number of carbonyl (C=O) groups is 1. The molecule has 0 atom stereocenters. The molecule has 4 nitrogen and oxygen atoms in total. The topological polar surface area (TPSA) is 50.4 Å².